The molecule has 0 spiro atoms. The van der Waals surface area contributed by atoms with Crippen LogP contribution in [-0.2, 0) is 0 Å². The molecule has 1 aromatic heterocycles. The van der Waals surface area contributed by atoms with Crippen molar-refractivity contribution in [3.63, 3.8) is 0 Å². The topological polar surface area (TPSA) is 59.1 Å². The molecule has 0 unspecified atom stereocenters. The summed E-state index contributed by atoms with van der Waals surface area (Å²) in [7, 11) is 0. The van der Waals surface area contributed by atoms with Crippen molar-refractivity contribution in [1.29, 1.82) is 0 Å². The fraction of sp³-hybridized carbons (Fsp3) is 0.182. The van der Waals surface area contributed by atoms with Crippen molar-refractivity contribution in [3.8, 4) is 0 Å². The summed E-state index contributed by atoms with van der Waals surface area (Å²) in [6.07, 6.45) is 1.75. The summed E-state index contributed by atoms with van der Waals surface area (Å²) in [4.78, 5) is 5.38. The Morgan fingerprint density at radius 1 is 1.33 bits per heavy atom. The van der Waals surface area contributed by atoms with Gasteiger partial charge >= 0.3 is 0 Å². The van der Waals surface area contributed by atoms with Crippen molar-refractivity contribution in [2.24, 2.45) is 0 Å². The molecular weight excluding hydrogens is 208 g/mol. The van der Waals surface area contributed by atoms with Gasteiger partial charge in [0.15, 0.2) is 0 Å². The molecule has 3 N–H and O–H groups in total. The standard InChI is InChI=1S/C11H12N2OS/c12-9-3-4-10(15-7-6-14)11-8(9)2-1-5-13-11/h1-5,14H,6-7,12H2. The Morgan fingerprint density at radius 3 is 3.00 bits per heavy atom. The molecule has 0 saturated heterocycles. The first-order valence-electron chi connectivity index (χ1n) is 4.70. The largest absolute Gasteiger partial charge is 0.398 e. The van der Waals surface area contributed by atoms with Crippen LogP contribution < -0.4 is 5.73 Å². The Labute approximate surface area is 92.3 Å². The Kier molecular flexibility index (Phi) is 3.08. The molecule has 15 heavy (non-hydrogen) atoms. The number of hydrogen-bond donors (Lipinski definition) is 2. The fourth-order valence-corrected chi connectivity index (χ4v) is 2.22. The van der Waals surface area contributed by atoms with E-state index < -0.39 is 0 Å². The molecule has 0 bridgehead atoms. The summed E-state index contributed by atoms with van der Waals surface area (Å²) in [6.45, 7) is 0.170. The molecule has 78 valence electrons. The Balaban J connectivity index is 2.51. The molecule has 0 radical (unpaired) electrons. The highest BCUT2D eigenvalue weighted by molar-refractivity contribution is 7.99. The minimum absolute atomic E-state index is 0.170. The van der Waals surface area contributed by atoms with Gasteiger partial charge in [-0.25, -0.2) is 0 Å². The van der Waals surface area contributed by atoms with Crippen molar-refractivity contribution >= 4 is 28.4 Å². The SMILES string of the molecule is Nc1ccc(SCCO)c2ncccc12. The van der Waals surface area contributed by atoms with E-state index in [-0.39, 0.29) is 6.61 Å². The van der Waals surface area contributed by atoms with Gasteiger partial charge in [-0.1, -0.05) is 0 Å². The van der Waals surface area contributed by atoms with Crippen LogP contribution in [0.4, 0.5) is 5.69 Å². The first-order chi connectivity index (χ1) is 7.33. The fourth-order valence-electron chi connectivity index (χ4n) is 1.44. The van der Waals surface area contributed by atoms with E-state index in [1.807, 2.05) is 24.3 Å². The van der Waals surface area contributed by atoms with Crippen molar-refractivity contribution in [1.82, 2.24) is 4.98 Å². The number of hydrogen-bond acceptors (Lipinski definition) is 4. The highest BCUT2D eigenvalue weighted by Crippen LogP contribution is 2.29. The zero-order valence-electron chi connectivity index (χ0n) is 8.18. The third-order valence-electron chi connectivity index (χ3n) is 2.12. The number of anilines is 1. The number of benzene rings is 1. The molecule has 3 nitrogen and oxygen atoms in total. The van der Waals surface area contributed by atoms with Gasteiger partial charge in [0, 0.05) is 27.9 Å². The van der Waals surface area contributed by atoms with Gasteiger partial charge in [-0.2, -0.15) is 0 Å². The van der Waals surface area contributed by atoms with Crippen LogP contribution in [0, 0.1) is 0 Å². The summed E-state index contributed by atoms with van der Waals surface area (Å²) < 4.78 is 0. The van der Waals surface area contributed by atoms with Gasteiger partial charge in [-0.3, -0.25) is 4.98 Å². The molecule has 2 aromatic rings. The van der Waals surface area contributed by atoms with Crippen molar-refractivity contribution in [2.75, 3.05) is 18.1 Å². The van der Waals surface area contributed by atoms with E-state index in [0.29, 0.717) is 5.75 Å². The molecular formula is C11H12N2OS. The Hall–Kier alpha value is -1.26. The van der Waals surface area contributed by atoms with Crippen LogP contribution in [0.5, 0.6) is 0 Å². The summed E-state index contributed by atoms with van der Waals surface area (Å²) >= 11 is 1.59. The van der Waals surface area contributed by atoms with Gasteiger partial charge in [0.1, 0.15) is 0 Å². The number of rotatable bonds is 3. The van der Waals surface area contributed by atoms with Crippen LogP contribution in [0.2, 0.25) is 0 Å². The zero-order valence-corrected chi connectivity index (χ0v) is 9.00. The van der Waals surface area contributed by atoms with Crippen LogP contribution in [-0.4, -0.2) is 22.5 Å². The number of aliphatic hydroxyl groups is 1. The number of aliphatic hydroxyl groups excluding tert-OH is 1. The van der Waals surface area contributed by atoms with Crippen LogP contribution in [0.3, 0.4) is 0 Å². The number of thioether (sulfide) groups is 1. The molecule has 0 aliphatic carbocycles. The predicted molar refractivity (Wildman–Crippen MR) is 64.0 cm³/mol. The van der Waals surface area contributed by atoms with E-state index in [2.05, 4.69) is 4.98 Å². The van der Waals surface area contributed by atoms with Crippen LogP contribution in [0.25, 0.3) is 10.9 Å². The third kappa shape index (κ3) is 2.06. The highest BCUT2D eigenvalue weighted by Gasteiger charge is 2.04. The maximum atomic E-state index is 8.79. The van der Waals surface area contributed by atoms with Gasteiger partial charge in [-0.05, 0) is 24.3 Å². The molecule has 1 heterocycles. The van der Waals surface area contributed by atoms with E-state index in [9.17, 15) is 0 Å². The molecule has 2 rings (SSSR count). The van der Waals surface area contributed by atoms with E-state index in [1.165, 1.54) is 0 Å². The first kappa shape index (κ1) is 10.3. The van der Waals surface area contributed by atoms with Crippen LogP contribution >= 0.6 is 11.8 Å². The van der Waals surface area contributed by atoms with E-state index in [1.54, 1.807) is 18.0 Å². The molecule has 0 fully saturated rings. The number of fused-ring (bicyclic) bond motifs is 1. The van der Waals surface area contributed by atoms with Gasteiger partial charge < -0.3 is 10.8 Å². The smallest absolute Gasteiger partial charge is 0.0858 e. The quantitative estimate of drug-likeness (QED) is 0.612. The van der Waals surface area contributed by atoms with Gasteiger partial charge in [-0.15, -0.1) is 11.8 Å². The van der Waals surface area contributed by atoms with Gasteiger partial charge in [0.05, 0.1) is 12.1 Å². The summed E-state index contributed by atoms with van der Waals surface area (Å²) in [5.41, 5.74) is 7.51. The first-order valence-corrected chi connectivity index (χ1v) is 5.68. The maximum Gasteiger partial charge on any atom is 0.0858 e. The number of pyridine rings is 1. The van der Waals surface area contributed by atoms with Crippen LogP contribution in [0.15, 0.2) is 35.4 Å². The summed E-state index contributed by atoms with van der Waals surface area (Å²) in [5, 5.41) is 9.76. The summed E-state index contributed by atoms with van der Waals surface area (Å²) in [5.74, 6) is 0.676. The average molecular weight is 220 g/mol. The maximum absolute atomic E-state index is 8.79. The molecule has 0 aliphatic rings. The molecule has 0 saturated carbocycles. The minimum atomic E-state index is 0.170. The van der Waals surface area contributed by atoms with E-state index in [0.717, 1.165) is 21.5 Å². The van der Waals surface area contributed by atoms with E-state index >= 15 is 0 Å². The lowest BCUT2D eigenvalue weighted by Crippen LogP contribution is -1.91. The average Bonchev–Trinajstić information content (AvgIpc) is 2.29. The molecule has 0 aliphatic heterocycles. The lowest BCUT2D eigenvalue weighted by atomic mass is 10.2. The zero-order chi connectivity index (χ0) is 10.7. The highest BCUT2D eigenvalue weighted by atomic mass is 32.2. The Morgan fingerprint density at radius 2 is 2.20 bits per heavy atom. The number of nitrogens with two attached hydrogens (primary N) is 1. The molecule has 0 atom stereocenters. The molecule has 1 aromatic carbocycles. The minimum Gasteiger partial charge on any atom is -0.398 e. The number of nitrogen functional groups attached to an aromatic ring is 1. The van der Waals surface area contributed by atoms with Crippen molar-refractivity contribution in [2.45, 2.75) is 4.90 Å². The second-order valence-electron chi connectivity index (χ2n) is 3.12. The van der Waals surface area contributed by atoms with Crippen molar-refractivity contribution in [3.05, 3.63) is 30.5 Å². The lowest BCUT2D eigenvalue weighted by Gasteiger charge is -2.06. The third-order valence-corrected chi connectivity index (χ3v) is 3.14. The van der Waals surface area contributed by atoms with Crippen molar-refractivity contribution < 1.29 is 5.11 Å². The second-order valence-corrected chi connectivity index (χ2v) is 4.26. The second kappa shape index (κ2) is 4.51. The lowest BCUT2D eigenvalue weighted by molar-refractivity contribution is 0.322. The predicted octanol–water partition coefficient (Wildman–Crippen LogP) is 1.90. The number of nitrogens with zero attached hydrogens (tertiary/aromatic N) is 1. The van der Waals surface area contributed by atoms with Gasteiger partial charge in [0.2, 0.25) is 0 Å². The van der Waals surface area contributed by atoms with Crippen LogP contribution in [0.1, 0.15) is 0 Å². The Bertz CT molecular complexity index is 473. The monoisotopic (exact) mass is 220 g/mol. The van der Waals surface area contributed by atoms with E-state index in [4.69, 9.17) is 10.8 Å². The molecule has 4 heteroatoms. The molecule has 0 amide bonds. The normalized spacial score (nSPS) is 10.7. The number of aromatic nitrogens is 1. The van der Waals surface area contributed by atoms with Gasteiger partial charge in [0.25, 0.3) is 0 Å². The summed E-state index contributed by atoms with van der Waals surface area (Å²) in [6, 6.07) is 7.66.